The number of carbonyl (C=O) groups is 2. The molecule has 14 heteroatoms. The molecule has 146 valence electrons. The van der Waals surface area contributed by atoms with Gasteiger partial charge in [0.1, 0.15) is 5.56 Å². The smallest absolute Gasteiger partial charge is 0.480 e. The van der Waals surface area contributed by atoms with Crippen LogP contribution in [0, 0.1) is 7.14 Å². The summed E-state index contributed by atoms with van der Waals surface area (Å²) in [6.07, 6.45) is 0. The topological polar surface area (TPSA) is 101 Å². The number of hydrogen-bond acceptors (Lipinski definition) is 6. The molecule has 26 heavy (non-hydrogen) atoms. The van der Waals surface area contributed by atoms with E-state index in [1.165, 1.54) is 6.07 Å². The van der Waals surface area contributed by atoms with Crippen molar-refractivity contribution in [3.63, 3.8) is 0 Å². The molecule has 0 unspecified atom stereocenters. The van der Waals surface area contributed by atoms with E-state index in [1.54, 1.807) is 28.7 Å². The predicted molar refractivity (Wildman–Crippen MR) is 110 cm³/mol. The molecule has 0 heterocycles. The Morgan fingerprint density at radius 2 is 1.81 bits per heavy atom. The fourth-order valence-electron chi connectivity index (χ4n) is 1.40. The predicted octanol–water partition coefficient (Wildman–Crippen LogP) is 3.62. The van der Waals surface area contributed by atoms with E-state index in [-0.39, 0.29) is 15.7 Å². The molecule has 7 nitrogen and oxygen atoms in total. The van der Waals surface area contributed by atoms with Crippen LogP contribution in [0.5, 0.6) is 5.75 Å². The van der Waals surface area contributed by atoms with Crippen molar-refractivity contribution in [2.45, 2.75) is 5.51 Å². The fourth-order valence-corrected chi connectivity index (χ4v) is 3.98. The second kappa shape index (κ2) is 10.0. The van der Waals surface area contributed by atoms with Gasteiger partial charge >= 0.3 is 17.4 Å². The van der Waals surface area contributed by atoms with Crippen molar-refractivity contribution >= 4 is 89.7 Å². The largest absolute Gasteiger partial charge is 0.538 e. The summed E-state index contributed by atoms with van der Waals surface area (Å²) in [5.41, 5.74) is -5.62. The van der Waals surface area contributed by atoms with Crippen LogP contribution in [0.15, 0.2) is 12.1 Å². The van der Waals surface area contributed by atoms with Crippen molar-refractivity contribution in [1.82, 2.24) is 0 Å². The molecule has 1 aromatic carbocycles. The first-order valence-electron chi connectivity index (χ1n) is 6.32. The first-order valence-corrected chi connectivity index (χ1v) is 11.4. The molecule has 0 spiro atoms. The molecule has 0 bridgehead atoms. The van der Waals surface area contributed by atoms with Crippen molar-refractivity contribution in [2.24, 2.45) is 0 Å². The van der Waals surface area contributed by atoms with E-state index >= 15 is 0 Å². The van der Waals surface area contributed by atoms with Crippen LogP contribution >= 0.6 is 67.8 Å². The third-order valence-electron chi connectivity index (χ3n) is 2.43. The van der Waals surface area contributed by atoms with Gasteiger partial charge in [0.15, 0.2) is 15.8 Å². The summed E-state index contributed by atoms with van der Waals surface area (Å²) in [4.78, 5) is 23.6. The minimum Gasteiger partial charge on any atom is -0.538 e. The van der Waals surface area contributed by atoms with E-state index in [0.29, 0.717) is 7.14 Å². The SMILES string of the molecule is O=C(CI)Oc1c(I)cc(I)cc1C(=O)OCC[N-]S(=O)(=O)C(F)(F)F. The summed E-state index contributed by atoms with van der Waals surface area (Å²) in [5.74, 6) is -1.64. The molecule has 0 radical (unpaired) electrons. The van der Waals surface area contributed by atoms with Gasteiger partial charge in [0, 0.05) is 3.57 Å². The number of sulfonamides is 1. The van der Waals surface area contributed by atoms with Gasteiger partial charge in [-0.15, -0.1) is 6.54 Å². The van der Waals surface area contributed by atoms with Crippen molar-refractivity contribution in [3.05, 3.63) is 29.6 Å². The summed E-state index contributed by atoms with van der Waals surface area (Å²) in [7, 11) is -5.64. The second-order valence-corrected chi connectivity index (χ2v) is 9.12. The molecule has 0 aromatic heterocycles. The first-order chi connectivity index (χ1) is 11.9. The zero-order valence-electron chi connectivity index (χ0n) is 12.3. The highest BCUT2D eigenvalue weighted by atomic mass is 127. The lowest BCUT2D eigenvalue weighted by Crippen LogP contribution is -2.23. The highest BCUT2D eigenvalue weighted by Gasteiger charge is 2.38. The molecule has 1 rings (SSSR count). The van der Waals surface area contributed by atoms with Crippen LogP contribution in [0.2, 0.25) is 0 Å². The summed E-state index contributed by atoms with van der Waals surface area (Å²) in [5, 5.41) is 0. The Kier molecular flexibility index (Phi) is 9.27. The Hall–Kier alpha value is 0.0500. The number of ether oxygens (including phenoxy) is 2. The number of halogens is 6. The summed E-state index contributed by atoms with van der Waals surface area (Å²) >= 11 is 5.53. The van der Waals surface area contributed by atoms with Crippen LogP contribution in [0.1, 0.15) is 10.4 Å². The van der Waals surface area contributed by atoms with Gasteiger partial charge in [-0.3, -0.25) is 4.79 Å². The molecule has 0 fully saturated rings. The van der Waals surface area contributed by atoms with Crippen molar-refractivity contribution < 1.29 is 40.7 Å². The zero-order valence-corrected chi connectivity index (χ0v) is 19.6. The molecule has 0 aliphatic rings. The third kappa shape index (κ3) is 6.89. The molecule has 0 N–H and O–H groups in total. The van der Waals surface area contributed by atoms with Crippen LogP contribution < -0.4 is 4.74 Å². The lowest BCUT2D eigenvalue weighted by atomic mass is 10.2. The molecule has 1 aromatic rings. The van der Waals surface area contributed by atoms with Gasteiger partial charge in [0.2, 0.25) is 0 Å². The Labute approximate surface area is 187 Å². The van der Waals surface area contributed by atoms with Gasteiger partial charge in [-0.2, -0.15) is 13.2 Å². The minimum atomic E-state index is -5.64. The van der Waals surface area contributed by atoms with Gasteiger partial charge < -0.3 is 14.2 Å². The average Bonchev–Trinajstić information content (AvgIpc) is 2.52. The molecule has 0 aliphatic heterocycles. The lowest BCUT2D eigenvalue weighted by molar-refractivity contribution is -0.131. The van der Waals surface area contributed by atoms with E-state index in [9.17, 15) is 31.2 Å². The number of rotatable bonds is 7. The van der Waals surface area contributed by atoms with Crippen LogP contribution in [-0.2, 0) is 19.6 Å². The van der Waals surface area contributed by atoms with Gasteiger partial charge in [0.25, 0.3) is 0 Å². The second-order valence-electron chi connectivity index (χ2n) is 4.28. The third-order valence-corrected chi connectivity index (χ3v) is 5.59. The van der Waals surface area contributed by atoms with Gasteiger partial charge in [-0.1, -0.05) is 22.6 Å². The number of alkyl halides is 4. The Morgan fingerprint density at radius 3 is 2.35 bits per heavy atom. The van der Waals surface area contributed by atoms with Crippen LogP contribution in [0.3, 0.4) is 0 Å². The van der Waals surface area contributed by atoms with Crippen LogP contribution in [0.25, 0.3) is 4.72 Å². The Morgan fingerprint density at radius 1 is 1.19 bits per heavy atom. The summed E-state index contributed by atoms with van der Waals surface area (Å²) in [6.45, 7) is -1.59. The highest BCUT2D eigenvalue weighted by molar-refractivity contribution is 14.1. The Balaban J connectivity index is 2.83. The fraction of sp³-hybridized carbons (Fsp3) is 0.333. The van der Waals surface area contributed by atoms with E-state index in [0.717, 1.165) is 0 Å². The van der Waals surface area contributed by atoms with Crippen molar-refractivity contribution in [2.75, 3.05) is 17.6 Å². The number of nitrogens with zero attached hydrogens (tertiary/aromatic N) is 1. The van der Waals surface area contributed by atoms with Gasteiger partial charge in [-0.25, -0.2) is 13.2 Å². The summed E-state index contributed by atoms with van der Waals surface area (Å²) in [6, 6.07) is 3.00. The van der Waals surface area contributed by atoms with Crippen LogP contribution in [-0.4, -0.2) is 43.4 Å². The minimum absolute atomic E-state index is 0.0303. The molecular formula is C12H8F3I3NO6S-. The molecule has 0 saturated carbocycles. The maximum absolute atomic E-state index is 12.1. The maximum atomic E-state index is 12.1. The molecule has 0 aliphatic carbocycles. The number of esters is 2. The molecule has 0 saturated heterocycles. The van der Waals surface area contributed by atoms with Gasteiger partial charge in [0.05, 0.1) is 14.6 Å². The number of benzene rings is 1. The van der Waals surface area contributed by atoms with Gasteiger partial charge in [-0.05, 0) is 57.3 Å². The van der Waals surface area contributed by atoms with Crippen molar-refractivity contribution in [3.8, 4) is 5.75 Å². The molecule has 0 atom stereocenters. The molecule has 0 amide bonds. The number of hydrogen-bond donors (Lipinski definition) is 0. The van der Waals surface area contributed by atoms with Crippen molar-refractivity contribution in [1.29, 1.82) is 0 Å². The standard InChI is InChI=1S/C12H8F3I3NO6S/c13-12(14,15)26(22,23)19-1-2-24-11(21)7-3-6(17)4-8(18)10(7)25-9(20)5-16/h3-4H,1-2,5H2/q-1. The maximum Gasteiger partial charge on any atom is 0.480 e. The number of carbonyl (C=O) groups excluding carboxylic acids is 2. The highest BCUT2D eigenvalue weighted by Crippen LogP contribution is 2.30. The van der Waals surface area contributed by atoms with E-state index in [4.69, 9.17) is 9.47 Å². The summed E-state index contributed by atoms with van der Waals surface area (Å²) < 4.78 is 71.4. The van der Waals surface area contributed by atoms with E-state index in [2.05, 4.69) is 4.72 Å². The quantitative estimate of drug-likeness (QED) is 0.140. The average molecular weight is 732 g/mol. The van der Waals surface area contributed by atoms with E-state index in [1.807, 2.05) is 45.2 Å². The Bertz CT molecular complexity index is 800. The first kappa shape index (κ1) is 24.1. The van der Waals surface area contributed by atoms with Crippen LogP contribution in [0.4, 0.5) is 13.2 Å². The zero-order chi connectivity index (χ0) is 20.1. The normalized spacial score (nSPS) is 11.9. The van der Waals surface area contributed by atoms with E-state index < -0.39 is 40.6 Å². The lowest BCUT2D eigenvalue weighted by Gasteiger charge is -2.21. The molecular weight excluding hydrogens is 724 g/mol. The monoisotopic (exact) mass is 732 g/mol.